The Morgan fingerprint density at radius 1 is 1.30 bits per heavy atom. The summed E-state index contributed by atoms with van der Waals surface area (Å²) < 4.78 is 0. The molecule has 1 heterocycles. The zero-order valence-electron chi connectivity index (χ0n) is 13.3. The first-order valence-corrected chi connectivity index (χ1v) is 8.01. The maximum atomic E-state index is 12.6. The normalized spacial score (nSPS) is 12.0. The highest BCUT2D eigenvalue weighted by molar-refractivity contribution is 6.32. The molecule has 0 spiro atoms. The standard InChI is InChI=1S/C18H21ClN2O2/c1-12-11-13(2)20-17(19)16(12)18(23)21-15(9-6-10-22)14-7-4-3-5-8-14/h3-5,7-8,11,15,22H,6,9-10H2,1-2H3,(H,21,23). The molecule has 2 N–H and O–H groups in total. The van der Waals surface area contributed by atoms with Crippen molar-refractivity contribution in [2.24, 2.45) is 0 Å². The molecule has 0 fully saturated rings. The van der Waals surface area contributed by atoms with E-state index in [4.69, 9.17) is 16.7 Å². The van der Waals surface area contributed by atoms with Crippen molar-refractivity contribution in [3.05, 3.63) is 63.9 Å². The van der Waals surface area contributed by atoms with Crippen LogP contribution in [0.2, 0.25) is 5.15 Å². The molecule has 0 aliphatic rings. The molecule has 1 amide bonds. The lowest BCUT2D eigenvalue weighted by Gasteiger charge is -2.20. The highest BCUT2D eigenvalue weighted by atomic mass is 35.5. The number of aliphatic hydroxyl groups is 1. The number of aliphatic hydroxyl groups excluding tert-OH is 1. The van der Waals surface area contributed by atoms with Gasteiger partial charge >= 0.3 is 0 Å². The number of halogens is 1. The lowest BCUT2D eigenvalue weighted by Crippen LogP contribution is -2.29. The number of benzene rings is 1. The molecule has 0 saturated carbocycles. The Kier molecular flexibility index (Phi) is 6.13. The summed E-state index contributed by atoms with van der Waals surface area (Å²) in [4.78, 5) is 16.8. The van der Waals surface area contributed by atoms with Gasteiger partial charge in [-0.3, -0.25) is 4.79 Å². The molecule has 122 valence electrons. The quantitative estimate of drug-likeness (QED) is 0.794. The molecular weight excluding hydrogens is 312 g/mol. The van der Waals surface area contributed by atoms with Crippen molar-refractivity contribution < 1.29 is 9.90 Å². The number of hydrogen-bond acceptors (Lipinski definition) is 3. The molecule has 5 heteroatoms. The van der Waals surface area contributed by atoms with E-state index < -0.39 is 0 Å². The van der Waals surface area contributed by atoms with Crippen molar-refractivity contribution in [3.8, 4) is 0 Å². The molecule has 4 nitrogen and oxygen atoms in total. The zero-order valence-corrected chi connectivity index (χ0v) is 14.1. The minimum Gasteiger partial charge on any atom is -0.396 e. The summed E-state index contributed by atoms with van der Waals surface area (Å²) in [6, 6.07) is 11.4. The number of aryl methyl sites for hydroxylation is 2. The number of rotatable bonds is 6. The molecule has 23 heavy (non-hydrogen) atoms. The van der Waals surface area contributed by atoms with Crippen LogP contribution in [-0.4, -0.2) is 22.6 Å². The average Bonchev–Trinajstić information content (AvgIpc) is 2.51. The largest absolute Gasteiger partial charge is 0.396 e. The van der Waals surface area contributed by atoms with Crippen molar-refractivity contribution in [3.63, 3.8) is 0 Å². The predicted molar refractivity (Wildman–Crippen MR) is 91.7 cm³/mol. The van der Waals surface area contributed by atoms with E-state index >= 15 is 0 Å². The van der Waals surface area contributed by atoms with E-state index in [0.717, 1.165) is 16.8 Å². The summed E-state index contributed by atoms with van der Waals surface area (Å²) in [6.07, 6.45) is 1.26. The van der Waals surface area contributed by atoms with Crippen LogP contribution in [0.25, 0.3) is 0 Å². The summed E-state index contributed by atoms with van der Waals surface area (Å²) in [5.41, 5.74) is 2.99. The second kappa shape index (κ2) is 8.09. The van der Waals surface area contributed by atoms with Gasteiger partial charge in [0.2, 0.25) is 0 Å². The van der Waals surface area contributed by atoms with Crippen LogP contribution in [0.5, 0.6) is 0 Å². The molecular formula is C18H21ClN2O2. The van der Waals surface area contributed by atoms with Gasteiger partial charge in [-0.1, -0.05) is 41.9 Å². The van der Waals surface area contributed by atoms with E-state index in [2.05, 4.69) is 10.3 Å². The second-order valence-electron chi connectivity index (χ2n) is 5.55. The molecule has 2 aromatic rings. The molecule has 1 aromatic heterocycles. The van der Waals surface area contributed by atoms with Crippen molar-refractivity contribution in [1.82, 2.24) is 10.3 Å². The van der Waals surface area contributed by atoms with Gasteiger partial charge in [-0.25, -0.2) is 4.98 Å². The van der Waals surface area contributed by atoms with Crippen LogP contribution in [0, 0.1) is 13.8 Å². The summed E-state index contributed by atoms with van der Waals surface area (Å²) in [5, 5.41) is 12.3. The lowest BCUT2D eigenvalue weighted by molar-refractivity contribution is 0.0931. The first-order chi connectivity index (χ1) is 11.0. The fraction of sp³-hybridized carbons (Fsp3) is 0.333. The van der Waals surface area contributed by atoms with Gasteiger partial charge in [-0.2, -0.15) is 0 Å². The minimum atomic E-state index is -0.244. The summed E-state index contributed by atoms with van der Waals surface area (Å²) in [5.74, 6) is -0.244. The van der Waals surface area contributed by atoms with Gasteiger partial charge in [-0.05, 0) is 43.9 Å². The number of amides is 1. The summed E-state index contributed by atoms with van der Waals surface area (Å²) in [7, 11) is 0. The number of carbonyl (C=O) groups excluding carboxylic acids is 1. The maximum Gasteiger partial charge on any atom is 0.255 e. The molecule has 0 radical (unpaired) electrons. The highest BCUT2D eigenvalue weighted by Gasteiger charge is 2.20. The number of hydrogen-bond donors (Lipinski definition) is 2. The Labute approximate surface area is 141 Å². The van der Waals surface area contributed by atoms with E-state index in [1.165, 1.54) is 0 Å². The van der Waals surface area contributed by atoms with E-state index in [1.807, 2.05) is 50.2 Å². The number of pyridine rings is 1. The lowest BCUT2D eigenvalue weighted by atomic mass is 10.0. The number of aromatic nitrogens is 1. The van der Waals surface area contributed by atoms with Crippen molar-refractivity contribution in [2.45, 2.75) is 32.7 Å². The van der Waals surface area contributed by atoms with Gasteiger partial charge in [-0.15, -0.1) is 0 Å². The Morgan fingerprint density at radius 3 is 2.61 bits per heavy atom. The first-order valence-electron chi connectivity index (χ1n) is 7.63. The van der Waals surface area contributed by atoms with Crippen LogP contribution in [0.15, 0.2) is 36.4 Å². The molecule has 2 rings (SSSR count). The zero-order chi connectivity index (χ0) is 16.8. The molecule has 0 saturated heterocycles. The molecule has 1 aromatic carbocycles. The third-order valence-electron chi connectivity index (χ3n) is 3.69. The van der Waals surface area contributed by atoms with Crippen LogP contribution in [0.4, 0.5) is 0 Å². The van der Waals surface area contributed by atoms with Crippen LogP contribution in [-0.2, 0) is 0 Å². The van der Waals surface area contributed by atoms with Crippen molar-refractivity contribution >= 4 is 17.5 Å². The molecule has 1 unspecified atom stereocenters. The van der Waals surface area contributed by atoms with Crippen LogP contribution in [0.1, 0.15) is 46.1 Å². The van der Waals surface area contributed by atoms with Gasteiger partial charge in [0.15, 0.2) is 0 Å². The number of nitrogens with zero attached hydrogens (tertiary/aromatic N) is 1. The van der Waals surface area contributed by atoms with E-state index in [0.29, 0.717) is 18.4 Å². The molecule has 1 atom stereocenters. The van der Waals surface area contributed by atoms with Gasteiger partial charge in [0.05, 0.1) is 11.6 Å². The summed E-state index contributed by atoms with van der Waals surface area (Å²) >= 11 is 6.15. The van der Waals surface area contributed by atoms with E-state index in [1.54, 1.807) is 0 Å². The van der Waals surface area contributed by atoms with Gasteiger partial charge in [0.1, 0.15) is 5.15 Å². The minimum absolute atomic E-state index is 0.0884. The maximum absolute atomic E-state index is 12.6. The van der Waals surface area contributed by atoms with E-state index in [9.17, 15) is 4.79 Å². The fourth-order valence-electron chi connectivity index (χ4n) is 2.60. The summed E-state index contributed by atoms with van der Waals surface area (Å²) in [6.45, 7) is 3.78. The Hall–Kier alpha value is -1.91. The van der Waals surface area contributed by atoms with Gasteiger partial charge in [0, 0.05) is 12.3 Å². The third-order valence-corrected chi connectivity index (χ3v) is 3.96. The highest BCUT2D eigenvalue weighted by Crippen LogP contribution is 2.22. The van der Waals surface area contributed by atoms with Crippen LogP contribution >= 0.6 is 11.6 Å². The Bertz CT molecular complexity index is 651. The fourth-order valence-corrected chi connectivity index (χ4v) is 2.97. The van der Waals surface area contributed by atoms with Crippen LogP contribution < -0.4 is 5.32 Å². The first kappa shape index (κ1) is 17.4. The SMILES string of the molecule is Cc1cc(C)c(C(=O)NC(CCCO)c2ccccc2)c(Cl)n1. The third kappa shape index (κ3) is 4.53. The number of carbonyl (C=O) groups is 1. The predicted octanol–water partition coefficient (Wildman–Crippen LogP) is 3.60. The van der Waals surface area contributed by atoms with Gasteiger partial charge in [0.25, 0.3) is 5.91 Å². The smallest absolute Gasteiger partial charge is 0.255 e. The molecule has 0 aliphatic heterocycles. The second-order valence-corrected chi connectivity index (χ2v) is 5.91. The Morgan fingerprint density at radius 2 is 2.00 bits per heavy atom. The van der Waals surface area contributed by atoms with E-state index in [-0.39, 0.29) is 23.7 Å². The molecule has 0 aliphatic carbocycles. The average molecular weight is 333 g/mol. The van der Waals surface area contributed by atoms with Crippen molar-refractivity contribution in [1.29, 1.82) is 0 Å². The Balaban J connectivity index is 2.24. The number of nitrogens with one attached hydrogen (secondary N) is 1. The van der Waals surface area contributed by atoms with Crippen LogP contribution in [0.3, 0.4) is 0 Å². The van der Waals surface area contributed by atoms with Crippen molar-refractivity contribution in [2.75, 3.05) is 6.61 Å². The van der Waals surface area contributed by atoms with Gasteiger partial charge < -0.3 is 10.4 Å². The molecule has 0 bridgehead atoms. The topological polar surface area (TPSA) is 62.2 Å². The monoisotopic (exact) mass is 332 g/mol.